The third kappa shape index (κ3) is 5.49. The van der Waals surface area contributed by atoms with Crippen molar-refractivity contribution in [1.29, 1.82) is 0 Å². The Bertz CT molecular complexity index is 448. The molecule has 0 aromatic heterocycles. The van der Waals surface area contributed by atoms with Crippen LogP contribution in [0.4, 0.5) is 0 Å². The maximum atomic E-state index is 11.3. The fourth-order valence-corrected chi connectivity index (χ4v) is 1.63. The summed E-state index contributed by atoms with van der Waals surface area (Å²) < 4.78 is 0. The molecule has 1 aromatic rings. The summed E-state index contributed by atoms with van der Waals surface area (Å²) in [6.07, 6.45) is 1.58. The van der Waals surface area contributed by atoms with Crippen LogP contribution in [0.5, 0.6) is 0 Å². The third-order valence-electron chi connectivity index (χ3n) is 2.14. The predicted octanol–water partition coefficient (Wildman–Crippen LogP) is 2.60. The van der Waals surface area contributed by atoms with Gasteiger partial charge in [0.15, 0.2) is 0 Å². The highest BCUT2D eigenvalue weighted by atomic mass is 35.5. The number of carbonyl (C=O) groups excluding carboxylic acids is 1. The van der Waals surface area contributed by atoms with Gasteiger partial charge in [0.25, 0.3) is 0 Å². The Morgan fingerprint density at radius 1 is 1.56 bits per heavy atom. The van der Waals surface area contributed by atoms with Gasteiger partial charge in [0.1, 0.15) is 0 Å². The molecule has 0 saturated carbocycles. The van der Waals surface area contributed by atoms with Crippen molar-refractivity contribution in [3.63, 3.8) is 0 Å². The molecular formula is C12H14Cl2N2O2. The number of aliphatic hydroxyl groups is 1. The first kappa shape index (κ1) is 15.0. The molecule has 18 heavy (non-hydrogen) atoms. The first-order chi connectivity index (χ1) is 8.49. The number of halogens is 2. The number of hydrogen-bond acceptors (Lipinski definition) is 3. The molecule has 0 unspecified atom stereocenters. The van der Waals surface area contributed by atoms with Crippen LogP contribution < -0.4 is 5.43 Å². The lowest BCUT2D eigenvalue weighted by Crippen LogP contribution is -2.18. The van der Waals surface area contributed by atoms with Gasteiger partial charge in [0.05, 0.1) is 17.3 Å². The molecular weight excluding hydrogens is 275 g/mol. The summed E-state index contributed by atoms with van der Waals surface area (Å²) in [6.45, 7) is 1.63. The zero-order chi connectivity index (χ0) is 13.5. The van der Waals surface area contributed by atoms with Gasteiger partial charge in [0, 0.05) is 17.0 Å². The number of nitrogens with one attached hydrogen (secondary N) is 1. The monoisotopic (exact) mass is 288 g/mol. The molecule has 0 aliphatic heterocycles. The summed E-state index contributed by atoms with van der Waals surface area (Å²) in [6, 6.07) is 4.99. The molecule has 2 N–H and O–H groups in total. The van der Waals surface area contributed by atoms with Gasteiger partial charge >= 0.3 is 0 Å². The number of rotatable bonds is 5. The topological polar surface area (TPSA) is 61.7 Å². The molecule has 0 fully saturated rings. The Morgan fingerprint density at radius 2 is 2.28 bits per heavy atom. The second-order valence-corrected chi connectivity index (χ2v) is 4.69. The van der Waals surface area contributed by atoms with Crippen molar-refractivity contribution in [2.75, 3.05) is 0 Å². The zero-order valence-electron chi connectivity index (χ0n) is 9.86. The van der Waals surface area contributed by atoms with Crippen LogP contribution in [0.1, 0.15) is 25.3 Å². The quantitative estimate of drug-likeness (QED) is 0.646. The first-order valence-electron chi connectivity index (χ1n) is 5.44. The molecule has 0 aliphatic carbocycles. The lowest BCUT2D eigenvalue weighted by atomic mass is 10.2. The molecule has 0 bridgehead atoms. The van der Waals surface area contributed by atoms with Gasteiger partial charge < -0.3 is 5.11 Å². The Morgan fingerprint density at radius 3 is 2.89 bits per heavy atom. The van der Waals surface area contributed by atoms with Crippen LogP contribution in [0.2, 0.25) is 10.0 Å². The summed E-state index contributed by atoms with van der Waals surface area (Å²) in [7, 11) is 0. The molecule has 1 atom stereocenters. The van der Waals surface area contributed by atoms with E-state index < -0.39 is 6.10 Å². The molecule has 1 aromatic carbocycles. The van der Waals surface area contributed by atoms with Gasteiger partial charge in [0.2, 0.25) is 5.91 Å². The lowest BCUT2D eigenvalue weighted by molar-refractivity contribution is -0.121. The van der Waals surface area contributed by atoms with Gasteiger partial charge in [-0.1, -0.05) is 29.3 Å². The molecule has 6 heteroatoms. The third-order valence-corrected chi connectivity index (χ3v) is 2.71. The summed E-state index contributed by atoms with van der Waals surface area (Å²) in [5.74, 6) is -0.253. The van der Waals surface area contributed by atoms with Gasteiger partial charge in [-0.25, -0.2) is 5.43 Å². The molecule has 0 spiro atoms. The minimum absolute atomic E-state index is 0.226. The Balaban J connectivity index is 2.47. The van der Waals surface area contributed by atoms with E-state index >= 15 is 0 Å². The van der Waals surface area contributed by atoms with Crippen LogP contribution >= 0.6 is 23.2 Å². The van der Waals surface area contributed by atoms with Crippen molar-refractivity contribution in [2.24, 2.45) is 5.10 Å². The van der Waals surface area contributed by atoms with E-state index in [4.69, 9.17) is 28.3 Å². The predicted molar refractivity (Wildman–Crippen MR) is 73.1 cm³/mol. The van der Waals surface area contributed by atoms with E-state index in [1.165, 1.54) is 6.21 Å². The minimum atomic E-state index is -0.495. The molecule has 1 rings (SSSR count). The average molecular weight is 289 g/mol. The number of carbonyl (C=O) groups is 1. The Hall–Kier alpha value is -1.10. The van der Waals surface area contributed by atoms with Crippen LogP contribution in [0.25, 0.3) is 0 Å². The van der Waals surface area contributed by atoms with Crippen molar-refractivity contribution in [3.05, 3.63) is 33.8 Å². The molecule has 0 heterocycles. The molecule has 4 nitrogen and oxygen atoms in total. The number of amides is 1. The van der Waals surface area contributed by atoms with E-state index in [1.807, 2.05) is 0 Å². The highest BCUT2D eigenvalue weighted by Gasteiger charge is 2.03. The molecule has 1 amide bonds. The van der Waals surface area contributed by atoms with Gasteiger partial charge in [-0.05, 0) is 25.5 Å². The van der Waals surface area contributed by atoms with Gasteiger partial charge in [-0.2, -0.15) is 5.10 Å². The largest absolute Gasteiger partial charge is 0.393 e. The number of hydrazone groups is 1. The standard InChI is InChI=1S/C12H14Cl2N2O2/c1-8(17)2-5-12(18)16-15-7-9-3-4-10(13)6-11(9)14/h3-4,6-8,17H,2,5H2,1H3,(H,16,18)/b15-7-/t8-/m0/s1. The number of nitrogens with zero attached hydrogens (tertiary/aromatic N) is 1. The van der Waals surface area contributed by atoms with Crippen molar-refractivity contribution in [2.45, 2.75) is 25.9 Å². The van der Waals surface area contributed by atoms with E-state index in [9.17, 15) is 4.79 Å². The fourth-order valence-electron chi connectivity index (χ4n) is 1.18. The molecule has 0 radical (unpaired) electrons. The highest BCUT2D eigenvalue weighted by molar-refractivity contribution is 6.36. The molecule has 0 saturated heterocycles. The van der Waals surface area contributed by atoms with Crippen LogP contribution in [-0.4, -0.2) is 23.3 Å². The maximum absolute atomic E-state index is 11.3. The average Bonchev–Trinajstić information content (AvgIpc) is 2.29. The van der Waals surface area contributed by atoms with Crippen molar-refractivity contribution >= 4 is 35.3 Å². The van der Waals surface area contributed by atoms with Gasteiger partial charge in [-0.3, -0.25) is 4.79 Å². The van der Waals surface area contributed by atoms with Gasteiger partial charge in [-0.15, -0.1) is 0 Å². The van der Waals surface area contributed by atoms with E-state index in [0.29, 0.717) is 22.0 Å². The maximum Gasteiger partial charge on any atom is 0.240 e. The van der Waals surface area contributed by atoms with Crippen LogP contribution in [0.3, 0.4) is 0 Å². The number of benzene rings is 1. The zero-order valence-corrected chi connectivity index (χ0v) is 11.4. The van der Waals surface area contributed by atoms with Crippen molar-refractivity contribution < 1.29 is 9.90 Å². The first-order valence-corrected chi connectivity index (χ1v) is 6.19. The van der Waals surface area contributed by atoms with Crippen LogP contribution in [0.15, 0.2) is 23.3 Å². The normalized spacial score (nSPS) is 12.7. The fraction of sp³-hybridized carbons (Fsp3) is 0.333. The van der Waals surface area contributed by atoms with E-state index in [-0.39, 0.29) is 12.3 Å². The van der Waals surface area contributed by atoms with E-state index in [1.54, 1.807) is 25.1 Å². The number of aliphatic hydroxyl groups excluding tert-OH is 1. The lowest BCUT2D eigenvalue weighted by Gasteiger charge is -2.02. The number of hydrogen-bond donors (Lipinski definition) is 2. The smallest absolute Gasteiger partial charge is 0.240 e. The summed E-state index contributed by atoms with van der Waals surface area (Å²) in [4.78, 5) is 11.3. The molecule has 0 aliphatic rings. The Labute approximate surface area is 116 Å². The highest BCUT2D eigenvalue weighted by Crippen LogP contribution is 2.19. The SMILES string of the molecule is C[C@H](O)CCC(=O)N/N=C\c1ccc(Cl)cc1Cl. The second kappa shape index (κ2) is 7.36. The summed E-state index contributed by atoms with van der Waals surface area (Å²) in [5, 5.41) is 13.8. The van der Waals surface area contributed by atoms with Crippen molar-refractivity contribution in [3.8, 4) is 0 Å². The van der Waals surface area contributed by atoms with Crippen LogP contribution in [0, 0.1) is 0 Å². The minimum Gasteiger partial charge on any atom is -0.393 e. The Kier molecular flexibility index (Phi) is 6.12. The van der Waals surface area contributed by atoms with Crippen LogP contribution in [-0.2, 0) is 4.79 Å². The van der Waals surface area contributed by atoms with E-state index in [2.05, 4.69) is 10.5 Å². The second-order valence-electron chi connectivity index (χ2n) is 3.85. The van der Waals surface area contributed by atoms with Crippen molar-refractivity contribution in [1.82, 2.24) is 5.43 Å². The molecule has 98 valence electrons. The summed E-state index contributed by atoms with van der Waals surface area (Å²) >= 11 is 11.7. The van der Waals surface area contributed by atoms with E-state index in [0.717, 1.165) is 0 Å². The summed E-state index contributed by atoms with van der Waals surface area (Å²) in [5.41, 5.74) is 3.02.